The molecule has 0 fully saturated rings. The van der Waals surface area contributed by atoms with E-state index >= 15 is 0 Å². The first kappa shape index (κ1) is 14.5. The topological polar surface area (TPSA) is 92.5 Å². The third-order valence-electron chi connectivity index (χ3n) is 3.16. The number of rotatable bonds is 4. The number of amides is 3. The average Bonchev–Trinajstić information content (AvgIpc) is 2.65. The first-order valence-electron chi connectivity index (χ1n) is 6.01. The first-order valence-corrected chi connectivity index (χ1v) is 6.80. The number of carbonyl (C=O) groups is 3. The number of benzene rings is 1. The van der Waals surface area contributed by atoms with Crippen molar-refractivity contribution in [1.82, 2.24) is 4.90 Å². The molecule has 2 rings (SSSR count). The highest BCUT2D eigenvalue weighted by Gasteiger charge is 2.33. The fourth-order valence-corrected chi connectivity index (χ4v) is 2.53. The predicted octanol–water partition coefficient (Wildman–Crippen LogP) is 0.819. The lowest BCUT2D eigenvalue weighted by Gasteiger charge is -2.17. The van der Waals surface area contributed by atoms with Crippen LogP contribution in [0.3, 0.4) is 0 Å². The van der Waals surface area contributed by atoms with Gasteiger partial charge in [0.15, 0.2) is 0 Å². The lowest BCUT2D eigenvalue weighted by molar-refractivity contribution is -0.135. The van der Waals surface area contributed by atoms with E-state index in [0.717, 1.165) is 10.0 Å². The van der Waals surface area contributed by atoms with E-state index in [4.69, 9.17) is 5.73 Å². The Morgan fingerprint density at radius 1 is 1.45 bits per heavy atom. The van der Waals surface area contributed by atoms with Gasteiger partial charge in [0, 0.05) is 23.6 Å². The van der Waals surface area contributed by atoms with Crippen LogP contribution >= 0.6 is 15.9 Å². The Morgan fingerprint density at radius 3 is 2.80 bits per heavy atom. The molecule has 0 saturated heterocycles. The van der Waals surface area contributed by atoms with Crippen molar-refractivity contribution in [1.29, 1.82) is 0 Å². The Bertz CT molecular complexity index is 588. The van der Waals surface area contributed by atoms with E-state index in [0.29, 0.717) is 5.69 Å². The normalized spacial score (nSPS) is 16.5. The van der Waals surface area contributed by atoms with E-state index in [1.807, 2.05) is 12.1 Å². The van der Waals surface area contributed by atoms with Crippen LogP contribution in [0, 0.1) is 0 Å². The molecule has 106 valence electrons. The average molecular weight is 340 g/mol. The van der Waals surface area contributed by atoms with Crippen molar-refractivity contribution in [3.63, 3.8) is 0 Å². The molecule has 3 amide bonds. The minimum Gasteiger partial charge on any atom is -0.368 e. The lowest BCUT2D eigenvalue weighted by Crippen LogP contribution is -2.36. The number of hydrogen-bond donors (Lipinski definition) is 2. The minimum atomic E-state index is -0.583. The quantitative estimate of drug-likeness (QED) is 0.850. The number of anilines is 1. The van der Waals surface area contributed by atoms with Crippen molar-refractivity contribution < 1.29 is 14.4 Å². The van der Waals surface area contributed by atoms with Gasteiger partial charge >= 0.3 is 0 Å². The highest BCUT2D eigenvalue weighted by molar-refractivity contribution is 9.10. The molecule has 1 aliphatic heterocycles. The summed E-state index contributed by atoms with van der Waals surface area (Å²) in [4.78, 5) is 36.0. The van der Waals surface area contributed by atoms with Crippen LogP contribution in [-0.2, 0) is 14.4 Å². The molecule has 1 aromatic carbocycles. The van der Waals surface area contributed by atoms with Gasteiger partial charge in [-0.1, -0.05) is 15.9 Å². The molecule has 0 aromatic heterocycles. The molecular formula is C13H14BrN3O3. The van der Waals surface area contributed by atoms with E-state index in [2.05, 4.69) is 21.2 Å². The largest absolute Gasteiger partial charge is 0.368 e. The summed E-state index contributed by atoms with van der Waals surface area (Å²) in [5, 5.41) is 2.74. The highest BCUT2D eigenvalue weighted by atomic mass is 79.9. The predicted molar refractivity (Wildman–Crippen MR) is 77.0 cm³/mol. The summed E-state index contributed by atoms with van der Waals surface area (Å²) in [6.45, 7) is -0.154. The molecule has 0 spiro atoms. The molecule has 1 aromatic rings. The Hall–Kier alpha value is -1.89. The number of likely N-dealkylation sites (N-methyl/N-ethyl adjacent to an activating group) is 1. The van der Waals surface area contributed by atoms with Crippen LogP contribution in [0.2, 0.25) is 0 Å². The van der Waals surface area contributed by atoms with Crippen molar-refractivity contribution in [2.75, 3.05) is 18.9 Å². The van der Waals surface area contributed by atoms with Crippen LogP contribution in [0.1, 0.15) is 17.9 Å². The number of carbonyl (C=O) groups excluding carboxylic acids is 3. The maximum atomic E-state index is 12.0. The lowest BCUT2D eigenvalue weighted by atomic mass is 9.97. The maximum absolute atomic E-state index is 12.0. The Balaban J connectivity index is 2.14. The van der Waals surface area contributed by atoms with Gasteiger partial charge in [-0.15, -0.1) is 0 Å². The number of primary amides is 1. The molecule has 0 radical (unpaired) electrons. The second kappa shape index (κ2) is 5.62. The summed E-state index contributed by atoms with van der Waals surface area (Å²) in [7, 11) is 1.49. The molecule has 20 heavy (non-hydrogen) atoms. The van der Waals surface area contributed by atoms with Crippen LogP contribution in [0.4, 0.5) is 5.69 Å². The number of hydrogen-bond acceptors (Lipinski definition) is 3. The summed E-state index contributed by atoms with van der Waals surface area (Å²) < 4.78 is 0.843. The number of nitrogens with two attached hydrogens (primary N) is 1. The highest BCUT2D eigenvalue weighted by Crippen LogP contribution is 2.36. The van der Waals surface area contributed by atoms with Crippen molar-refractivity contribution in [2.45, 2.75) is 12.3 Å². The van der Waals surface area contributed by atoms with Gasteiger partial charge in [0.1, 0.15) is 0 Å². The summed E-state index contributed by atoms with van der Waals surface area (Å²) >= 11 is 3.34. The van der Waals surface area contributed by atoms with Gasteiger partial charge in [0.2, 0.25) is 17.7 Å². The molecule has 0 saturated carbocycles. The molecular weight excluding hydrogens is 326 g/mol. The third kappa shape index (κ3) is 2.98. The molecule has 1 heterocycles. The fourth-order valence-electron chi connectivity index (χ4n) is 2.15. The van der Waals surface area contributed by atoms with Crippen molar-refractivity contribution >= 4 is 39.3 Å². The van der Waals surface area contributed by atoms with Crippen molar-refractivity contribution in [3.8, 4) is 0 Å². The second-order valence-electron chi connectivity index (χ2n) is 4.69. The maximum Gasteiger partial charge on any atom is 0.237 e. The molecule has 0 aliphatic carbocycles. The fraction of sp³-hybridized carbons (Fsp3) is 0.308. The van der Waals surface area contributed by atoms with Crippen molar-refractivity contribution in [2.24, 2.45) is 5.73 Å². The van der Waals surface area contributed by atoms with Gasteiger partial charge in [-0.3, -0.25) is 14.4 Å². The minimum absolute atomic E-state index is 0.0130. The Labute approximate surface area is 124 Å². The zero-order chi connectivity index (χ0) is 14.9. The molecule has 1 aliphatic rings. The smallest absolute Gasteiger partial charge is 0.237 e. The zero-order valence-corrected chi connectivity index (χ0v) is 12.4. The number of halogens is 1. The van der Waals surface area contributed by atoms with Crippen molar-refractivity contribution in [3.05, 3.63) is 28.2 Å². The first-order chi connectivity index (χ1) is 9.38. The summed E-state index contributed by atoms with van der Waals surface area (Å²) in [5.41, 5.74) is 6.54. The van der Waals surface area contributed by atoms with Crippen LogP contribution in [0.25, 0.3) is 0 Å². The van der Waals surface area contributed by atoms with Crippen LogP contribution < -0.4 is 11.1 Å². The molecule has 3 N–H and O–H groups in total. The molecule has 7 heteroatoms. The SMILES string of the molecule is CN(CC(N)=O)C(=O)CC1C(=O)Nc2ccc(Br)cc21. The van der Waals surface area contributed by atoms with Gasteiger partial charge in [-0.25, -0.2) is 0 Å². The number of nitrogens with zero attached hydrogens (tertiary/aromatic N) is 1. The van der Waals surface area contributed by atoms with Gasteiger partial charge in [-0.2, -0.15) is 0 Å². The van der Waals surface area contributed by atoms with Crippen LogP contribution in [0.15, 0.2) is 22.7 Å². The van der Waals surface area contributed by atoms with E-state index < -0.39 is 11.8 Å². The molecule has 1 unspecified atom stereocenters. The second-order valence-corrected chi connectivity index (χ2v) is 5.61. The van der Waals surface area contributed by atoms with E-state index in [1.54, 1.807) is 6.07 Å². The van der Waals surface area contributed by atoms with Gasteiger partial charge in [-0.05, 0) is 23.8 Å². The molecule has 0 bridgehead atoms. The Morgan fingerprint density at radius 2 is 2.15 bits per heavy atom. The zero-order valence-electron chi connectivity index (χ0n) is 10.9. The van der Waals surface area contributed by atoms with Crippen LogP contribution in [-0.4, -0.2) is 36.2 Å². The summed E-state index contributed by atoms with van der Waals surface area (Å²) in [6, 6.07) is 5.43. The standard InChI is InChI=1S/C13H14BrN3O3/c1-17(6-11(15)18)12(19)5-9-8-4-7(14)2-3-10(8)16-13(9)20/h2-4,9H,5-6H2,1H3,(H2,15,18)(H,16,20). The number of fused-ring (bicyclic) bond motifs is 1. The molecule has 6 nitrogen and oxygen atoms in total. The van der Waals surface area contributed by atoms with E-state index in [-0.39, 0.29) is 24.8 Å². The van der Waals surface area contributed by atoms with Gasteiger partial charge in [0.05, 0.1) is 12.5 Å². The Kier molecular flexibility index (Phi) is 4.08. The summed E-state index contributed by atoms with van der Waals surface area (Å²) in [6.07, 6.45) is 0.0130. The van der Waals surface area contributed by atoms with Gasteiger partial charge < -0.3 is 16.0 Å². The monoisotopic (exact) mass is 339 g/mol. The van der Waals surface area contributed by atoms with Gasteiger partial charge in [0.25, 0.3) is 0 Å². The van der Waals surface area contributed by atoms with Crippen LogP contribution in [0.5, 0.6) is 0 Å². The summed E-state index contributed by atoms with van der Waals surface area (Å²) in [5.74, 6) is -1.62. The van der Waals surface area contributed by atoms with E-state index in [1.165, 1.54) is 11.9 Å². The molecule has 1 atom stereocenters. The van der Waals surface area contributed by atoms with E-state index in [9.17, 15) is 14.4 Å². The number of nitrogens with one attached hydrogen (secondary N) is 1. The third-order valence-corrected chi connectivity index (χ3v) is 3.65.